The summed E-state index contributed by atoms with van der Waals surface area (Å²) in [5.41, 5.74) is 4.87. The number of aryl methyl sites for hydroxylation is 1. The van der Waals surface area contributed by atoms with Crippen molar-refractivity contribution in [3.05, 3.63) is 81.9 Å². The molecule has 2 heteroatoms. The predicted octanol–water partition coefficient (Wildman–Crippen LogP) is 5.98. The SMILES string of the molecule is O=C1c2ccccc2CCC1C1=CCC(c2ccc(Cl)cc2)CC1. The van der Waals surface area contributed by atoms with Gasteiger partial charge in [-0.2, -0.15) is 0 Å². The minimum absolute atomic E-state index is 0.103. The summed E-state index contributed by atoms with van der Waals surface area (Å²) in [4.78, 5) is 12.8. The zero-order chi connectivity index (χ0) is 16.5. The summed E-state index contributed by atoms with van der Waals surface area (Å²) >= 11 is 5.98. The molecule has 0 fully saturated rings. The van der Waals surface area contributed by atoms with Gasteiger partial charge in [-0.3, -0.25) is 4.79 Å². The first kappa shape index (κ1) is 15.7. The lowest BCUT2D eigenvalue weighted by Crippen LogP contribution is -2.25. The van der Waals surface area contributed by atoms with Crippen molar-refractivity contribution >= 4 is 17.4 Å². The summed E-state index contributed by atoms with van der Waals surface area (Å²) in [6, 6.07) is 16.3. The Hall–Kier alpha value is -1.86. The number of halogens is 1. The molecule has 2 atom stereocenters. The van der Waals surface area contributed by atoms with E-state index >= 15 is 0 Å². The third kappa shape index (κ3) is 2.93. The maximum absolute atomic E-state index is 12.8. The van der Waals surface area contributed by atoms with Gasteiger partial charge in [-0.25, -0.2) is 0 Å². The molecule has 1 nitrogen and oxygen atoms in total. The molecule has 122 valence electrons. The van der Waals surface area contributed by atoms with Gasteiger partial charge in [0.25, 0.3) is 0 Å². The lowest BCUT2D eigenvalue weighted by atomic mass is 9.74. The summed E-state index contributed by atoms with van der Waals surface area (Å²) in [5.74, 6) is 0.983. The van der Waals surface area contributed by atoms with Gasteiger partial charge in [-0.1, -0.05) is 59.6 Å². The molecule has 0 radical (unpaired) electrons. The maximum Gasteiger partial charge on any atom is 0.170 e. The maximum atomic E-state index is 12.8. The fraction of sp³-hybridized carbons (Fsp3) is 0.318. The van der Waals surface area contributed by atoms with Gasteiger partial charge in [0.1, 0.15) is 0 Å². The molecule has 0 amide bonds. The van der Waals surface area contributed by atoms with Crippen molar-refractivity contribution in [1.29, 1.82) is 0 Å². The lowest BCUT2D eigenvalue weighted by molar-refractivity contribution is 0.0921. The van der Waals surface area contributed by atoms with Crippen LogP contribution in [-0.2, 0) is 6.42 Å². The average Bonchev–Trinajstić information content (AvgIpc) is 2.63. The van der Waals surface area contributed by atoms with Gasteiger partial charge >= 0.3 is 0 Å². The molecule has 0 heterocycles. The normalized spacial score (nSPS) is 23.5. The van der Waals surface area contributed by atoms with Crippen molar-refractivity contribution in [2.24, 2.45) is 5.92 Å². The van der Waals surface area contributed by atoms with Gasteiger partial charge in [-0.05, 0) is 61.3 Å². The van der Waals surface area contributed by atoms with Crippen LogP contribution in [-0.4, -0.2) is 5.78 Å². The van der Waals surface area contributed by atoms with Gasteiger partial charge in [0.2, 0.25) is 0 Å². The number of benzene rings is 2. The zero-order valence-electron chi connectivity index (χ0n) is 13.7. The van der Waals surface area contributed by atoms with Crippen molar-refractivity contribution in [2.75, 3.05) is 0 Å². The second-order valence-electron chi connectivity index (χ2n) is 6.91. The van der Waals surface area contributed by atoms with E-state index in [4.69, 9.17) is 11.6 Å². The van der Waals surface area contributed by atoms with E-state index in [-0.39, 0.29) is 5.92 Å². The highest BCUT2D eigenvalue weighted by Crippen LogP contribution is 2.39. The van der Waals surface area contributed by atoms with Gasteiger partial charge in [-0.15, -0.1) is 0 Å². The highest BCUT2D eigenvalue weighted by molar-refractivity contribution is 6.30. The van der Waals surface area contributed by atoms with E-state index in [0.717, 1.165) is 42.7 Å². The summed E-state index contributed by atoms with van der Waals surface area (Å²) in [6.07, 6.45) is 7.50. The zero-order valence-corrected chi connectivity index (χ0v) is 14.4. The van der Waals surface area contributed by atoms with Crippen LogP contribution < -0.4 is 0 Å². The van der Waals surface area contributed by atoms with Crippen molar-refractivity contribution in [3.8, 4) is 0 Å². The van der Waals surface area contributed by atoms with Crippen molar-refractivity contribution in [1.82, 2.24) is 0 Å². The molecule has 2 aromatic carbocycles. The lowest BCUT2D eigenvalue weighted by Gasteiger charge is -2.30. The summed E-state index contributed by atoms with van der Waals surface area (Å²) in [7, 11) is 0. The van der Waals surface area contributed by atoms with Crippen LogP contribution >= 0.6 is 11.6 Å². The number of carbonyl (C=O) groups excluding carboxylic acids is 1. The first-order chi connectivity index (χ1) is 11.7. The molecule has 4 rings (SSSR count). The van der Waals surface area contributed by atoms with Gasteiger partial charge < -0.3 is 0 Å². The predicted molar refractivity (Wildman–Crippen MR) is 98.7 cm³/mol. The number of hydrogen-bond donors (Lipinski definition) is 0. The van der Waals surface area contributed by atoms with E-state index in [9.17, 15) is 4.79 Å². The molecule has 0 bridgehead atoms. The average molecular weight is 337 g/mol. The Morgan fingerprint density at radius 3 is 2.46 bits per heavy atom. The van der Waals surface area contributed by atoms with Crippen LogP contribution in [0.2, 0.25) is 5.02 Å². The van der Waals surface area contributed by atoms with Crippen LogP contribution in [0.3, 0.4) is 0 Å². The largest absolute Gasteiger partial charge is 0.293 e. The molecule has 24 heavy (non-hydrogen) atoms. The van der Waals surface area contributed by atoms with Gasteiger partial charge in [0.15, 0.2) is 5.78 Å². The minimum Gasteiger partial charge on any atom is -0.293 e. The van der Waals surface area contributed by atoms with Crippen LogP contribution in [0.15, 0.2) is 60.2 Å². The molecule has 0 saturated carbocycles. The number of hydrogen-bond acceptors (Lipinski definition) is 1. The van der Waals surface area contributed by atoms with Crippen LogP contribution in [0.5, 0.6) is 0 Å². The molecule has 2 aliphatic carbocycles. The van der Waals surface area contributed by atoms with Crippen molar-refractivity contribution in [2.45, 2.75) is 38.0 Å². The van der Waals surface area contributed by atoms with E-state index in [1.165, 1.54) is 16.7 Å². The van der Waals surface area contributed by atoms with Crippen LogP contribution in [0.4, 0.5) is 0 Å². The number of fused-ring (bicyclic) bond motifs is 1. The Kier molecular flexibility index (Phi) is 4.28. The van der Waals surface area contributed by atoms with E-state index in [1.807, 2.05) is 30.3 Å². The quantitative estimate of drug-likeness (QED) is 0.616. The first-order valence-electron chi connectivity index (χ1n) is 8.79. The molecule has 0 aromatic heterocycles. The molecule has 0 N–H and O–H groups in total. The van der Waals surface area contributed by atoms with Crippen molar-refractivity contribution < 1.29 is 4.79 Å². The van der Waals surface area contributed by atoms with Crippen molar-refractivity contribution in [3.63, 3.8) is 0 Å². The molecule has 0 saturated heterocycles. The standard InChI is InChI=1S/C22H21ClO/c23-19-12-9-16(10-13-19)15-5-7-18(8-6-15)21-14-11-17-3-1-2-4-20(17)22(21)24/h1-4,7,9-10,12-13,15,21H,5-6,8,11,14H2. The number of Topliss-reactive ketones (excluding diaryl/α,β-unsaturated/α-hetero) is 1. The third-order valence-corrected chi connectivity index (χ3v) is 5.79. The van der Waals surface area contributed by atoms with Crippen LogP contribution in [0.25, 0.3) is 0 Å². The Bertz CT molecular complexity index is 788. The van der Waals surface area contributed by atoms with E-state index in [1.54, 1.807) is 0 Å². The smallest absolute Gasteiger partial charge is 0.170 e. The number of rotatable bonds is 2. The van der Waals surface area contributed by atoms with E-state index in [0.29, 0.717) is 11.7 Å². The Morgan fingerprint density at radius 2 is 1.71 bits per heavy atom. The Balaban J connectivity index is 1.51. The molecule has 0 spiro atoms. The molecule has 2 aromatic rings. The van der Waals surface area contributed by atoms with Crippen LogP contribution in [0, 0.1) is 5.92 Å². The second-order valence-corrected chi connectivity index (χ2v) is 7.35. The van der Waals surface area contributed by atoms with E-state index in [2.05, 4.69) is 24.3 Å². The van der Waals surface area contributed by atoms with Gasteiger partial charge in [0.05, 0.1) is 0 Å². The van der Waals surface area contributed by atoms with Crippen LogP contribution in [0.1, 0.15) is 53.1 Å². The molecular formula is C22H21ClO. The number of ketones is 1. The fourth-order valence-corrected chi connectivity index (χ4v) is 4.29. The highest BCUT2D eigenvalue weighted by Gasteiger charge is 2.31. The topological polar surface area (TPSA) is 17.1 Å². The Morgan fingerprint density at radius 1 is 0.917 bits per heavy atom. The number of carbonyl (C=O) groups is 1. The monoisotopic (exact) mass is 336 g/mol. The molecule has 2 unspecified atom stereocenters. The van der Waals surface area contributed by atoms with E-state index < -0.39 is 0 Å². The fourth-order valence-electron chi connectivity index (χ4n) is 4.16. The third-order valence-electron chi connectivity index (χ3n) is 5.54. The summed E-state index contributed by atoms with van der Waals surface area (Å²) in [5, 5.41) is 0.789. The number of allylic oxidation sites excluding steroid dienone is 2. The minimum atomic E-state index is 0.103. The molecule has 2 aliphatic rings. The molecular weight excluding hydrogens is 316 g/mol. The second kappa shape index (κ2) is 6.57. The summed E-state index contributed by atoms with van der Waals surface area (Å²) in [6.45, 7) is 0. The highest BCUT2D eigenvalue weighted by atomic mass is 35.5. The first-order valence-corrected chi connectivity index (χ1v) is 9.16. The summed E-state index contributed by atoms with van der Waals surface area (Å²) < 4.78 is 0. The van der Waals surface area contributed by atoms with Gasteiger partial charge in [0, 0.05) is 16.5 Å². The Labute approximate surface area is 148 Å². The molecule has 0 aliphatic heterocycles.